The number of fused-ring (bicyclic) bond motifs is 2. The third kappa shape index (κ3) is 3.29. The molecule has 1 N–H and O–H groups in total. The van der Waals surface area contributed by atoms with Crippen molar-refractivity contribution in [1.29, 1.82) is 0 Å². The van der Waals surface area contributed by atoms with Crippen LogP contribution in [0.1, 0.15) is 28.5 Å². The van der Waals surface area contributed by atoms with Crippen LogP contribution in [0.3, 0.4) is 0 Å². The zero-order valence-corrected chi connectivity index (χ0v) is 12.5. The minimum absolute atomic E-state index is 0. The topological polar surface area (TPSA) is 21.3 Å². The van der Waals surface area contributed by atoms with E-state index in [1.54, 1.807) is 0 Å². The molecule has 2 aromatic carbocycles. The van der Waals surface area contributed by atoms with Crippen LogP contribution in [-0.2, 0) is 6.61 Å². The van der Waals surface area contributed by atoms with Crippen molar-refractivity contribution >= 4 is 18.0 Å². The predicted octanol–water partition coefficient (Wildman–Crippen LogP) is 4.04. The number of halogens is 1. The van der Waals surface area contributed by atoms with Crippen molar-refractivity contribution in [1.82, 2.24) is 5.32 Å². The minimum Gasteiger partial charge on any atom is -0.488 e. The van der Waals surface area contributed by atoms with E-state index in [9.17, 15) is 0 Å². The zero-order valence-electron chi connectivity index (χ0n) is 15.7. The number of rotatable bonds is 3. The second-order valence-electron chi connectivity index (χ2n) is 4.52. The SMILES string of the molecule is Cl.[2H]C([2H])(/C=C1\c2ccccc2COc2ccccc21)C([2H])([2H])NC. The lowest BCUT2D eigenvalue weighted by Gasteiger charge is -2.10. The molecule has 0 atom stereocenters. The summed E-state index contributed by atoms with van der Waals surface area (Å²) in [6.45, 7) is -1.80. The maximum Gasteiger partial charge on any atom is 0.127 e. The molecule has 0 fully saturated rings. The fourth-order valence-electron chi connectivity index (χ4n) is 2.36. The van der Waals surface area contributed by atoms with Crippen molar-refractivity contribution in [2.75, 3.05) is 13.5 Å². The fourth-order valence-corrected chi connectivity index (χ4v) is 2.36. The Labute approximate surface area is 137 Å². The molecule has 0 radical (unpaired) electrons. The van der Waals surface area contributed by atoms with Crippen molar-refractivity contribution in [3.05, 3.63) is 71.3 Å². The summed E-state index contributed by atoms with van der Waals surface area (Å²) in [5.41, 5.74) is 3.21. The summed E-state index contributed by atoms with van der Waals surface area (Å²) in [4.78, 5) is 0. The molecule has 1 aliphatic rings. The van der Waals surface area contributed by atoms with E-state index in [1.165, 1.54) is 13.1 Å². The standard InChI is InChI=1S/C18H19NO.ClH/c1-19-12-6-10-16-15-8-3-2-7-14(15)13-20-18-11-5-4-9-17(16)18;/h2-5,7-11,19H,6,12-13H2,1H3;1H/b16-10+;/i6D2,12D2;. The Morgan fingerprint density at radius 1 is 1.14 bits per heavy atom. The Bertz CT molecular complexity index is 743. The monoisotopic (exact) mass is 305 g/mol. The van der Waals surface area contributed by atoms with Gasteiger partial charge >= 0.3 is 0 Å². The van der Waals surface area contributed by atoms with Gasteiger partial charge in [-0.2, -0.15) is 0 Å². The van der Waals surface area contributed by atoms with Crippen LogP contribution in [0.5, 0.6) is 5.75 Å². The molecule has 0 spiro atoms. The highest BCUT2D eigenvalue weighted by molar-refractivity contribution is 5.85. The summed E-state index contributed by atoms with van der Waals surface area (Å²) in [7, 11) is 1.41. The van der Waals surface area contributed by atoms with Crippen molar-refractivity contribution in [3.8, 4) is 5.75 Å². The molecule has 0 saturated heterocycles. The van der Waals surface area contributed by atoms with Crippen LogP contribution in [0.4, 0.5) is 0 Å². The lowest BCUT2D eigenvalue weighted by Crippen LogP contribution is -2.06. The molecule has 0 aliphatic carbocycles. The van der Waals surface area contributed by atoms with Crippen molar-refractivity contribution in [2.45, 2.75) is 13.0 Å². The number of benzene rings is 2. The molecule has 3 heteroatoms. The van der Waals surface area contributed by atoms with Crippen molar-refractivity contribution < 1.29 is 10.2 Å². The van der Waals surface area contributed by atoms with Gasteiger partial charge in [0.05, 0.1) is 0 Å². The fraction of sp³-hybridized carbons (Fsp3) is 0.222. The van der Waals surface area contributed by atoms with E-state index in [2.05, 4.69) is 5.32 Å². The van der Waals surface area contributed by atoms with E-state index in [1.807, 2.05) is 48.5 Å². The molecule has 1 heterocycles. The third-order valence-electron chi connectivity index (χ3n) is 3.28. The van der Waals surface area contributed by atoms with E-state index >= 15 is 0 Å². The van der Waals surface area contributed by atoms with Gasteiger partial charge in [0.2, 0.25) is 0 Å². The van der Waals surface area contributed by atoms with E-state index in [-0.39, 0.29) is 12.4 Å². The molecule has 0 saturated carbocycles. The summed E-state index contributed by atoms with van der Waals surface area (Å²) in [6, 6.07) is 15.1. The first-order valence-corrected chi connectivity index (χ1v) is 6.58. The smallest absolute Gasteiger partial charge is 0.127 e. The van der Waals surface area contributed by atoms with Gasteiger partial charge in [-0.1, -0.05) is 48.5 Å². The molecular formula is C18H20ClNO. The highest BCUT2D eigenvalue weighted by atomic mass is 35.5. The average molecular weight is 306 g/mol. The Balaban J connectivity index is 0.00000225. The van der Waals surface area contributed by atoms with Crippen LogP contribution in [0.15, 0.2) is 54.6 Å². The quantitative estimate of drug-likeness (QED) is 0.924. The molecular weight excluding hydrogens is 282 g/mol. The number of hydrogen-bond donors (Lipinski definition) is 1. The minimum atomic E-state index is -2.21. The Hall–Kier alpha value is -1.77. The molecule has 110 valence electrons. The van der Waals surface area contributed by atoms with Crippen LogP contribution in [0.25, 0.3) is 5.57 Å². The molecule has 0 unspecified atom stereocenters. The lowest BCUT2D eigenvalue weighted by atomic mass is 9.93. The molecule has 3 rings (SSSR count). The Morgan fingerprint density at radius 2 is 1.86 bits per heavy atom. The summed E-state index contributed by atoms with van der Waals surface area (Å²) >= 11 is 0. The number of nitrogens with one attached hydrogen (secondary N) is 1. The highest BCUT2D eigenvalue weighted by Gasteiger charge is 2.17. The van der Waals surface area contributed by atoms with Gasteiger partial charge in [-0.15, -0.1) is 12.4 Å². The Morgan fingerprint density at radius 3 is 2.67 bits per heavy atom. The second-order valence-corrected chi connectivity index (χ2v) is 4.52. The van der Waals surface area contributed by atoms with Crippen molar-refractivity contribution in [2.24, 2.45) is 0 Å². The first kappa shape index (κ1) is 10.9. The summed E-state index contributed by atoms with van der Waals surface area (Å²) in [5.74, 6) is 0.667. The van der Waals surface area contributed by atoms with E-state index in [0.717, 1.165) is 16.7 Å². The lowest BCUT2D eigenvalue weighted by molar-refractivity contribution is 0.307. The van der Waals surface area contributed by atoms with Crippen LogP contribution in [-0.4, -0.2) is 13.5 Å². The average Bonchev–Trinajstić information content (AvgIpc) is 2.72. The largest absolute Gasteiger partial charge is 0.488 e. The highest BCUT2D eigenvalue weighted by Crippen LogP contribution is 2.36. The molecule has 2 nitrogen and oxygen atoms in total. The van der Waals surface area contributed by atoms with Crippen LogP contribution >= 0.6 is 12.4 Å². The Kier molecular flexibility index (Phi) is 3.78. The molecule has 21 heavy (non-hydrogen) atoms. The number of ether oxygens (including phenoxy) is 1. The maximum atomic E-state index is 8.23. The summed E-state index contributed by atoms with van der Waals surface area (Å²) in [6.07, 6.45) is -0.850. The van der Waals surface area contributed by atoms with Gasteiger partial charge in [0.1, 0.15) is 12.4 Å². The van der Waals surface area contributed by atoms with E-state index < -0.39 is 12.9 Å². The van der Waals surface area contributed by atoms with Crippen molar-refractivity contribution in [3.63, 3.8) is 0 Å². The maximum absolute atomic E-state index is 8.23. The van der Waals surface area contributed by atoms with Gasteiger partial charge in [0.15, 0.2) is 0 Å². The summed E-state index contributed by atoms with van der Waals surface area (Å²) in [5, 5.41) is 2.42. The van der Waals surface area contributed by atoms with Crippen LogP contribution in [0, 0.1) is 0 Å². The normalized spacial score (nSPS) is 18.6. The molecule has 1 aliphatic heterocycles. The third-order valence-corrected chi connectivity index (χ3v) is 3.28. The molecule has 2 aromatic rings. The van der Waals surface area contributed by atoms with Crippen LogP contribution < -0.4 is 10.1 Å². The summed E-state index contributed by atoms with van der Waals surface area (Å²) < 4.78 is 38.2. The molecule has 0 bridgehead atoms. The predicted molar refractivity (Wildman–Crippen MR) is 90.1 cm³/mol. The first-order chi connectivity index (χ1) is 11.4. The number of para-hydroxylation sites is 1. The van der Waals surface area contributed by atoms with E-state index in [0.29, 0.717) is 17.9 Å². The van der Waals surface area contributed by atoms with Crippen LogP contribution in [0.2, 0.25) is 0 Å². The van der Waals surface area contributed by atoms with Gasteiger partial charge < -0.3 is 10.1 Å². The van der Waals surface area contributed by atoms with Gasteiger partial charge in [-0.05, 0) is 42.7 Å². The zero-order chi connectivity index (χ0) is 17.4. The molecule has 0 amide bonds. The molecule has 0 aromatic heterocycles. The van der Waals surface area contributed by atoms with Gasteiger partial charge in [-0.25, -0.2) is 0 Å². The van der Waals surface area contributed by atoms with Gasteiger partial charge in [0.25, 0.3) is 0 Å². The van der Waals surface area contributed by atoms with Gasteiger partial charge in [0, 0.05) is 11.0 Å². The van der Waals surface area contributed by atoms with Gasteiger partial charge in [-0.3, -0.25) is 0 Å². The number of hydrogen-bond acceptors (Lipinski definition) is 2. The second kappa shape index (κ2) is 7.30. The van der Waals surface area contributed by atoms with E-state index in [4.69, 9.17) is 10.2 Å². The first-order valence-electron chi connectivity index (χ1n) is 8.58.